The van der Waals surface area contributed by atoms with E-state index in [0.717, 1.165) is 5.56 Å². The Morgan fingerprint density at radius 1 is 1.45 bits per heavy atom. The van der Waals surface area contributed by atoms with Crippen molar-refractivity contribution in [2.24, 2.45) is 7.05 Å². The van der Waals surface area contributed by atoms with E-state index in [-0.39, 0.29) is 5.97 Å². The van der Waals surface area contributed by atoms with Crippen LogP contribution < -0.4 is 5.73 Å². The van der Waals surface area contributed by atoms with Gasteiger partial charge in [-0.3, -0.25) is 4.79 Å². The van der Waals surface area contributed by atoms with Crippen LogP contribution in [-0.4, -0.2) is 27.1 Å². The lowest BCUT2D eigenvalue weighted by Gasteiger charge is -2.15. The van der Waals surface area contributed by atoms with Gasteiger partial charge in [0.15, 0.2) is 0 Å². The van der Waals surface area contributed by atoms with Crippen molar-refractivity contribution in [1.82, 2.24) is 14.5 Å². The number of esters is 1. The number of pyridine rings is 1. The molecule has 2 N–H and O–H groups in total. The van der Waals surface area contributed by atoms with Crippen LogP contribution in [-0.2, 0) is 23.0 Å². The summed E-state index contributed by atoms with van der Waals surface area (Å²) >= 11 is 0. The van der Waals surface area contributed by atoms with Crippen LogP contribution in [0.15, 0.2) is 30.7 Å². The van der Waals surface area contributed by atoms with Crippen molar-refractivity contribution >= 4 is 11.8 Å². The van der Waals surface area contributed by atoms with E-state index < -0.39 is 5.92 Å². The molecule has 0 spiro atoms. The maximum atomic E-state index is 12.1. The summed E-state index contributed by atoms with van der Waals surface area (Å²) in [4.78, 5) is 20.4. The third-order valence-electron chi connectivity index (χ3n) is 3.03. The Bertz CT molecular complexity index is 577. The summed E-state index contributed by atoms with van der Waals surface area (Å²) in [5.74, 6) is 0.415. The van der Waals surface area contributed by atoms with E-state index in [1.54, 1.807) is 25.4 Å². The molecule has 2 aromatic rings. The first-order valence-electron chi connectivity index (χ1n) is 6.46. The first kappa shape index (κ1) is 14.0. The predicted octanol–water partition coefficient (Wildman–Crippen LogP) is 1.29. The standard InChI is InChI=1S/C14H18N4O2/c1-3-20-14(19)11(13-16-6-7-18(13)2)8-10-4-5-12(15)17-9-10/h4-7,9,11H,3,8H2,1-2H3,(H2,15,17). The number of anilines is 1. The highest BCUT2D eigenvalue weighted by Crippen LogP contribution is 2.21. The summed E-state index contributed by atoms with van der Waals surface area (Å²) in [5.41, 5.74) is 6.48. The Morgan fingerprint density at radius 2 is 2.25 bits per heavy atom. The molecule has 2 rings (SSSR count). The smallest absolute Gasteiger partial charge is 0.316 e. The number of nitrogens with zero attached hydrogens (tertiary/aromatic N) is 3. The van der Waals surface area contributed by atoms with Crippen LogP contribution in [0.4, 0.5) is 5.82 Å². The monoisotopic (exact) mass is 274 g/mol. The second-order valence-electron chi connectivity index (χ2n) is 4.50. The van der Waals surface area contributed by atoms with Gasteiger partial charge in [-0.1, -0.05) is 6.07 Å². The largest absolute Gasteiger partial charge is 0.465 e. The number of hydrogen-bond acceptors (Lipinski definition) is 5. The Hall–Kier alpha value is -2.37. The number of nitrogens with two attached hydrogens (primary N) is 1. The molecule has 0 radical (unpaired) electrons. The van der Waals surface area contributed by atoms with Gasteiger partial charge in [-0.05, 0) is 25.0 Å². The molecule has 0 saturated carbocycles. The zero-order valence-electron chi connectivity index (χ0n) is 11.6. The molecule has 0 saturated heterocycles. The van der Waals surface area contributed by atoms with Crippen molar-refractivity contribution in [2.45, 2.75) is 19.3 Å². The summed E-state index contributed by atoms with van der Waals surface area (Å²) in [6.45, 7) is 2.14. The number of ether oxygens (including phenoxy) is 1. The molecule has 0 fully saturated rings. The average molecular weight is 274 g/mol. The van der Waals surface area contributed by atoms with Crippen LogP contribution in [0.5, 0.6) is 0 Å². The lowest BCUT2D eigenvalue weighted by molar-refractivity contribution is -0.145. The van der Waals surface area contributed by atoms with Crippen molar-refractivity contribution in [3.8, 4) is 0 Å². The van der Waals surface area contributed by atoms with Crippen molar-refractivity contribution in [3.63, 3.8) is 0 Å². The number of hydrogen-bond donors (Lipinski definition) is 1. The van der Waals surface area contributed by atoms with E-state index in [2.05, 4.69) is 9.97 Å². The Kier molecular flexibility index (Phi) is 4.34. The second kappa shape index (κ2) is 6.18. The summed E-state index contributed by atoms with van der Waals surface area (Å²) in [5, 5.41) is 0. The second-order valence-corrected chi connectivity index (χ2v) is 4.50. The number of nitrogen functional groups attached to an aromatic ring is 1. The minimum Gasteiger partial charge on any atom is -0.465 e. The minimum atomic E-state index is -0.444. The van der Waals surface area contributed by atoms with Crippen LogP contribution in [0.1, 0.15) is 24.2 Å². The van der Waals surface area contributed by atoms with Gasteiger partial charge in [0, 0.05) is 25.6 Å². The van der Waals surface area contributed by atoms with Gasteiger partial charge in [-0.25, -0.2) is 9.97 Å². The summed E-state index contributed by atoms with van der Waals surface area (Å²) in [6.07, 6.45) is 5.63. The number of imidazole rings is 1. The average Bonchev–Trinajstić information content (AvgIpc) is 2.84. The Balaban J connectivity index is 2.25. The predicted molar refractivity (Wildman–Crippen MR) is 74.9 cm³/mol. The van der Waals surface area contributed by atoms with Gasteiger partial charge in [0.1, 0.15) is 17.6 Å². The fourth-order valence-corrected chi connectivity index (χ4v) is 2.03. The van der Waals surface area contributed by atoms with Gasteiger partial charge in [-0.15, -0.1) is 0 Å². The fraction of sp³-hybridized carbons (Fsp3) is 0.357. The fourth-order valence-electron chi connectivity index (χ4n) is 2.03. The molecule has 20 heavy (non-hydrogen) atoms. The molecular weight excluding hydrogens is 256 g/mol. The van der Waals surface area contributed by atoms with Gasteiger partial charge in [-0.2, -0.15) is 0 Å². The third-order valence-corrected chi connectivity index (χ3v) is 3.03. The van der Waals surface area contributed by atoms with Gasteiger partial charge in [0.25, 0.3) is 0 Å². The van der Waals surface area contributed by atoms with Crippen molar-refractivity contribution in [3.05, 3.63) is 42.1 Å². The summed E-state index contributed by atoms with van der Waals surface area (Å²) in [7, 11) is 1.86. The van der Waals surface area contributed by atoms with Gasteiger partial charge in [0.05, 0.1) is 6.61 Å². The molecule has 0 bridgehead atoms. The van der Waals surface area contributed by atoms with E-state index in [4.69, 9.17) is 10.5 Å². The van der Waals surface area contributed by atoms with E-state index >= 15 is 0 Å². The molecule has 2 heterocycles. The van der Waals surface area contributed by atoms with Crippen molar-refractivity contribution < 1.29 is 9.53 Å². The van der Waals surface area contributed by atoms with E-state index in [0.29, 0.717) is 24.7 Å². The molecule has 2 aromatic heterocycles. The summed E-state index contributed by atoms with van der Waals surface area (Å²) < 4.78 is 6.97. The van der Waals surface area contributed by atoms with E-state index in [9.17, 15) is 4.79 Å². The molecule has 106 valence electrons. The molecule has 0 amide bonds. The normalized spacial score (nSPS) is 12.1. The van der Waals surface area contributed by atoms with Crippen molar-refractivity contribution in [2.75, 3.05) is 12.3 Å². The molecule has 1 unspecified atom stereocenters. The first-order chi connectivity index (χ1) is 9.61. The maximum absolute atomic E-state index is 12.1. The highest BCUT2D eigenvalue weighted by atomic mass is 16.5. The van der Waals surface area contributed by atoms with Crippen molar-refractivity contribution in [1.29, 1.82) is 0 Å². The minimum absolute atomic E-state index is 0.279. The highest BCUT2D eigenvalue weighted by Gasteiger charge is 2.26. The van der Waals surface area contributed by atoms with E-state index in [1.807, 2.05) is 23.9 Å². The quantitative estimate of drug-likeness (QED) is 0.831. The lowest BCUT2D eigenvalue weighted by atomic mass is 9.99. The zero-order chi connectivity index (χ0) is 14.5. The molecule has 6 nitrogen and oxygen atoms in total. The SMILES string of the molecule is CCOC(=O)C(Cc1ccc(N)nc1)c1nccn1C. The van der Waals surface area contributed by atoms with Crippen LogP contribution >= 0.6 is 0 Å². The number of aryl methyl sites for hydroxylation is 1. The molecule has 6 heteroatoms. The maximum Gasteiger partial charge on any atom is 0.316 e. The van der Waals surface area contributed by atoms with Crippen LogP contribution in [0, 0.1) is 0 Å². The van der Waals surface area contributed by atoms with Gasteiger partial charge >= 0.3 is 5.97 Å². The molecular formula is C14H18N4O2. The molecule has 0 aromatic carbocycles. The van der Waals surface area contributed by atoms with Gasteiger partial charge in [0.2, 0.25) is 0 Å². The lowest BCUT2D eigenvalue weighted by Crippen LogP contribution is -2.21. The Morgan fingerprint density at radius 3 is 2.80 bits per heavy atom. The number of carbonyl (C=O) groups excluding carboxylic acids is 1. The van der Waals surface area contributed by atoms with Crippen LogP contribution in [0.3, 0.4) is 0 Å². The number of carbonyl (C=O) groups is 1. The molecule has 0 aliphatic heterocycles. The number of rotatable bonds is 5. The Labute approximate surface area is 117 Å². The molecule has 1 atom stereocenters. The van der Waals surface area contributed by atoms with Crippen LogP contribution in [0.2, 0.25) is 0 Å². The van der Waals surface area contributed by atoms with E-state index in [1.165, 1.54) is 0 Å². The first-order valence-corrected chi connectivity index (χ1v) is 6.46. The summed E-state index contributed by atoms with van der Waals surface area (Å²) in [6, 6.07) is 3.58. The van der Waals surface area contributed by atoms with Crippen LogP contribution in [0.25, 0.3) is 0 Å². The molecule has 0 aliphatic carbocycles. The molecule has 0 aliphatic rings. The third kappa shape index (κ3) is 3.14. The zero-order valence-corrected chi connectivity index (χ0v) is 11.6. The topological polar surface area (TPSA) is 83.0 Å². The highest BCUT2D eigenvalue weighted by molar-refractivity contribution is 5.77. The van der Waals surface area contributed by atoms with Gasteiger partial charge < -0.3 is 15.0 Å². The number of aromatic nitrogens is 3.